The SMILES string of the molecule is CC(=O)Oc1cccc(CC2C=C(C(=O)OC(c3ccccc3)c3ccccc3)N3C(=O)C(NC(=O)Cc4cccs4)[C@H]3S2)c1. The Labute approximate surface area is 269 Å². The van der Waals surface area contributed by atoms with E-state index in [0.29, 0.717) is 12.2 Å². The van der Waals surface area contributed by atoms with E-state index in [0.717, 1.165) is 21.6 Å². The van der Waals surface area contributed by atoms with E-state index in [4.69, 9.17) is 9.47 Å². The molecule has 1 fully saturated rings. The van der Waals surface area contributed by atoms with Crippen LogP contribution in [0.2, 0.25) is 0 Å². The minimum absolute atomic E-state index is 0.144. The van der Waals surface area contributed by atoms with Gasteiger partial charge in [0.15, 0.2) is 6.10 Å². The van der Waals surface area contributed by atoms with Gasteiger partial charge in [0.25, 0.3) is 5.91 Å². The van der Waals surface area contributed by atoms with Gasteiger partial charge in [0, 0.05) is 17.1 Å². The summed E-state index contributed by atoms with van der Waals surface area (Å²) in [5, 5.41) is 4.06. The number of benzene rings is 3. The molecule has 4 aromatic rings. The van der Waals surface area contributed by atoms with E-state index in [1.54, 1.807) is 24.3 Å². The summed E-state index contributed by atoms with van der Waals surface area (Å²) < 4.78 is 11.4. The van der Waals surface area contributed by atoms with Crippen molar-refractivity contribution in [1.82, 2.24) is 10.2 Å². The normalized spacial score (nSPS) is 18.8. The summed E-state index contributed by atoms with van der Waals surface area (Å²) in [5.74, 6) is -1.24. The number of hydrogen-bond acceptors (Lipinski definition) is 8. The number of esters is 2. The van der Waals surface area contributed by atoms with Crippen molar-refractivity contribution in [3.05, 3.63) is 136 Å². The highest BCUT2D eigenvalue weighted by Gasteiger charge is 2.54. The van der Waals surface area contributed by atoms with E-state index in [2.05, 4.69) is 5.32 Å². The molecule has 3 atom stereocenters. The van der Waals surface area contributed by atoms with Crippen molar-refractivity contribution in [3.8, 4) is 5.75 Å². The van der Waals surface area contributed by atoms with Crippen molar-refractivity contribution in [3.63, 3.8) is 0 Å². The highest BCUT2D eigenvalue weighted by Crippen LogP contribution is 2.43. The van der Waals surface area contributed by atoms with Crippen molar-refractivity contribution in [1.29, 1.82) is 0 Å². The third kappa shape index (κ3) is 7.02. The van der Waals surface area contributed by atoms with Crippen LogP contribution in [0.3, 0.4) is 0 Å². The number of thiophene rings is 1. The molecule has 2 aliphatic rings. The molecule has 45 heavy (non-hydrogen) atoms. The Bertz CT molecular complexity index is 1690. The van der Waals surface area contributed by atoms with Crippen LogP contribution >= 0.6 is 23.1 Å². The zero-order valence-electron chi connectivity index (χ0n) is 24.3. The van der Waals surface area contributed by atoms with Gasteiger partial charge < -0.3 is 14.8 Å². The van der Waals surface area contributed by atoms with Crippen LogP contribution in [0.4, 0.5) is 0 Å². The van der Waals surface area contributed by atoms with E-state index >= 15 is 0 Å². The summed E-state index contributed by atoms with van der Waals surface area (Å²) in [6.45, 7) is 1.34. The fourth-order valence-corrected chi connectivity index (χ4v) is 7.66. The first-order valence-electron chi connectivity index (χ1n) is 14.5. The van der Waals surface area contributed by atoms with Crippen LogP contribution in [0.15, 0.2) is 114 Å². The molecule has 3 aromatic carbocycles. The van der Waals surface area contributed by atoms with Crippen molar-refractivity contribution in [2.75, 3.05) is 0 Å². The van der Waals surface area contributed by atoms with E-state index in [1.807, 2.05) is 84.2 Å². The van der Waals surface area contributed by atoms with Crippen molar-refractivity contribution in [2.45, 2.75) is 42.5 Å². The van der Waals surface area contributed by atoms with Gasteiger partial charge in [-0.25, -0.2) is 4.79 Å². The summed E-state index contributed by atoms with van der Waals surface area (Å²) in [4.78, 5) is 54.2. The molecule has 1 N–H and O–H groups in total. The number of nitrogens with zero attached hydrogens (tertiary/aromatic N) is 1. The summed E-state index contributed by atoms with van der Waals surface area (Å²) in [6, 6.07) is 29.1. The molecule has 228 valence electrons. The molecule has 0 spiro atoms. The lowest BCUT2D eigenvalue weighted by Crippen LogP contribution is -2.70. The number of rotatable bonds is 10. The third-order valence-corrected chi connectivity index (χ3v) is 9.72. The average Bonchev–Trinajstić information content (AvgIpc) is 3.55. The molecule has 1 saturated heterocycles. The standard InChI is InChI=1S/C35H30N2O6S2/c1-22(38)42-26-15-8-10-23(18-26)19-28-20-29(35(41)43-32(24-11-4-2-5-12-24)25-13-6-3-7-14-25)37-33(40)31(34(37)45-28)36-30(39)21-27-16-9-17-44-27/h2-18,20,28,31-32,34H,19,21H2,1H3,(H,36,39)/t28?,31?,34-/m1/s1. The lowest BCUT2D eigenvalue weighted by Gasteiger charge is -2.50. The zero-order valence-corrected chi connectivity index (χ0v) is 26.0. The molecule has 0 radical (unpaired) electrons. The first-order valence-corrected chi connectivity index (χ1v) is 16.3. The maximum atomic E-state index is 14.0. The maximum absolute atomic E-state index is 14.0. The zero-order chi connectivity index (χ0) is 31.3. The molecule has 1 aromatic heterocycles. The quantitative estimate of drug-likeness (QED) is 0.140. The largest absolute Gasteiger partial charge is 0.448 e. The van der Waals surface area contributed by atoms with E-state index in [1.165, 1.54) is 34.9 Å². The van der Waals surface area contributed by atoms with Gasteiger partial charge in [-0.3, -0.25) is 19.3 Å². The number of β-lactam (4-membered cyclic amide) rings is 1. The fraction of sp³-hybridized carbons (Fsp3) is 0.200. The van der Waals surface area contributed by atoms with Crippen LogP contribution in [0.5, 0.6) is 5.75 Å². The van der Waals surface area contributed by atoms with Gasteiger partial charge in [-0.15, -0.1) is 23.1 Å². The van der Waals surface area contributed by atoms with E-state index in [9.17, 15) is 19.2 Å². The molecular formula is C35H30N2O6S2. The Morgan fingerprint density at radius 3 is 2.27 bits per heavy atom. The van der Waals surface area contributed by atoms with Crippen LogP contribution in [-0.2, 0) is 36.8 Å². The molecule has 6 rings (SSSR count). The smallest absolute Gasteiger partial charge is 0.355 e. The van der Waals surface area contributed by atoms with Crippen LogP contribution in [0, 0.1) is 0 Å². The number of fused-ring (bicyclic) bond motifs is 1. The van der Waals surface area contributed by atoms with Gasteiger partial charge in [-0.2, -0.15) is 0 Å². The minimum atomic E-state index is -0.784. The predicted octanol–water partition coefficient (Wildman–Crippen LogP) is 5.44. The first kappa shape index (κ1) is 30.4. The van der Waals surface area contributed by atoms with E-state index in [-0.39, 0.29) is 29.2 Å². The van der Waals surface area contributed by atoms with Gasteiger partial charge in [0.2, 0.25) is 5.91 Å². The number of carbonyl (C=O) groups is 4. The Kier molecular flexibility index (Phi) is 9.13. The van der Waals surface area contributed by atoms with Crippen molar-refractivity contribution < 1.29 is 28.7 Å². The van der Waals surface area contributed by atoms with Gasteiger partial charge in [-0.1, -0.05) is 78.9 Å². The molecule has 2 aliphatic heterocycles. The second-order valence-corrected chi connectivity index (χ2v) is 13.1. The van der Waals surface area contributed by atoms with Crippen molar-refractivity contribution in [2.24, 2.45) is 0 Å². The number of ether oxygens (including phenoxy) is 2. The second-order valence-electron chi connectivity index (χ2n) is 10.7. The van der Waals surface area contributed by atoms with Crippen LogP contribution in [0.25, 0.3) is 0 Å². The molecule has 2 amide bonds. The lowest BCUT2D eigenvalue weighted by atomic mass is 10.0. The second kappa shape index (κ2) is 13.5. The fourth-order valence-electron chi connectivity index (χ4n) is 5.42. The van der Waals surface area contributed by atoms with Gasteiger partial charge >= 0.3 is 11.9 Å². The molecule has 8 nitrogen and oxygen atoms in total. The van der Waals surface area contributed by atoms with Gasteiger partial charge in [-0.05, 0) is 52.8 Å². The Morgan fingerprint density at radius 1 is 0.911 bits per heavy atom. The summed E-state index contributed by atoms with van der Waals surface area (Å²) in [6.07, 6.45) is 1.74. The lowest BCUT2D eigenvalue weighted by molar-refractivity contribution is -0.154. The van der Waals surface area contributed by atoms with E-state index < -0.39 is 29.5 Å². The van der Waals surface area contributed by atoms with Gasteiger partial charge in [0.1, 0.15) is 22.9 Å². The molecule has 0 aliphatic carbocycles. The molecule has 3 heterocycles. The van der Waals surface area contributed by atoms with Crippen LogP contribution < -0.4 is 10.1 Å². The van der Waals surface area contributed by atoms with Crippen LogP contribution in [0.1, 0.15) is 34.6 Å². The Balaban J connectivity index is 1.28. The number of hydrogen-bond donors (Lipinski definition) is 1. The monoisotopic (exact) mass is 638 g/mol. The van der Waals surface area contributed by atoms with Crippen molar-refractivity contribution >= 4 is 46.9 Å². The van der Waals surface area contributed by atoms with Crippen LogP contribution in [-0.4, -0.2) is 45.3 Å². The predicted molar refractivity (Wildman–Crippen MR) is 172 cm³/mol. The Hall–Kier alpha value is -4.67. The number of nitrogens with one attached hydrogen (secondary N) is 1. The summed E-state index contributed by atoms with van der Waals surface area (Å²) in [7, 11) is 0. The topological polar surface area (TPSA) is 102 Å². The average molecular weight is 639 g/mol. The molecule has 0 bridgehead atoms. The number of carbonyl (C=O) groups excluding carboxylic acids is 4. The minimum Gasteiger partial charge on any atom is -0.448 e. The molecular weight excluding hydrogens is 609 g/mol. The molecule has 2 unspecified atom stereocenters. The molecule has 10 heteroatoms. The maximum Gasteiger partial charge on any atom is 0.355 e. The van der Waals surface area contributed by atoms with Gasteiger partial charge in [0.05, 0.1) is 6.42 Å². The number of thioether (sulfide) groups is 1. The number of amides is 2. The summed E-state index contributed by atoms with van der Waals surface area (Å²) >= 11 is 2.97. The molecule has 0 saturated carbocycles. The first-order chi connectivity index (χ1) is 21.9. The highest BCUT2D eigenvalue weighted by atomic mass is 32.2. The highest BCUT2D eigenvalue weighted by molar-refractivity contribution is 8.00. The summed E-state index contributed by atoms with van der Waals surface area (Å²) in [5.41, 5.74) is 2.63. The third-order valence-electron chi connectivity index (χ3n) is 7.43. The Morgan fingerprint density at radius 2 is 1.62 bits per heavy atom.